The Morgan fingerprint density at radius 3 is 2.50 bits per heavy atom. The van der Waals surface area contributed by atoms with Crippen LogP contribution in [0.1, 0.15) is 11.1 Å². The van der Waals surface area contributed by atoms with Crippen LogP contribution >= 0.6 is 0 Å². The number of hydrogen-bond donors (Lipinski definition) is 0. The van der Waals surface area contributed by atoms with E-state index in [1.807, 2.05) is 42.5 Å². The number of fused-ring (bicyclic) bond motifs is 1. The fourth-order valence-electron chi connectivity index (χ4n) is 2.58. The molecule has 0 saturated carbocycles. The van der Waals surface area contributed by atoms with Gasteiger partial charge in [0.1, 0.15) is 5.75 Å². The molecular weight excluding hydrogens is 306 g/mol. The molecule has 0 unspecified atom stereocenters. The van der Waals surface area contributed by atoms with Crippen molar-refractivity contribution in [1.82, 2.24) is 0 Å². The van der Waals surface area contributed by atoms with E-state index >= 15 is 0 Å². The number of nitrogens with zero attached hydrogens (tertiary/aromatic N) is 1. The molecule has 0 N–H and O–H groups in total. The molecule has 0 radical (unpaired) electrons. The number of carbonyl (C=O) groups is 1. The Hall–Kier alpha value is -3.21. The average Bonchev–Trinajstić information content (AvgIpc) is 2.54. The third-order valence-electron chi connectivity index (χ3n) is 3.76. The summed E-state index contributed by atoms with van der Waals surface area (Å²) in [7, 11) is 0. The monoisotopic (exact) mass is 321 g/mol. The van der Waals surface area contributed by atoms with E-state index in [9.17, 15) is 14.9 Å². The summed E-state index contributed by atoms with van der Waals surface area (Å²) in [5.74, 6) is -0.0950. The van der Waals surface area contributed by atoms with Crippen molar-refractivity contribution in [1.29, 1.82) is 0 Å². The molecule has 0 spiro atoms. The van der Waals surface area contributed by atoms with E-state index in [4.69, 9.17) is 4.74 Å². The van der Waals surface area contributed by atoms with Gasteiger partial charge in [0.25, 0.3) is 5.69 Å². The van der Waals surface area contributed by atoms with Gasteiger partial charge in [-0.05, 0) is 35.4 Å². The zero-order valence-electron chi connectivity index (χ0n) is 13.1. The van der Waals surface area contributed by atoms with Crippen LogP contribution in [0, 0.1) is 17.0 Å². The van der Waals surface area contributed by atoms with Gasteiger partial charge in [-0.1, -0.05) is 42.5 Å². The maximum absolute atomic E-state index is 12.1. The van der Waals surface area contributed by atoms with Crippen molar-refractivity contribution in [2.75, 3.05) is 0 Å². The van der Waals surface area contributed by atoms with Crippen molar-refractivity contribution < 1.29 is 14.5 Å². The van der Waals surface area contributed by atoms with E-state index in [0.29, 0.717) is 11.3 Å². The molecule has 3 aromatic carbocycles. The van der Waals surface area contributed by atoms with Gasteiger partial charge < -0.3 is 4.74 Å². The smallest absolute Gasteiger partial charge is 0.315 e. The highest BCUT2D eigenvalue weighted by Crippen LogP contribution is 2.23. The molecule has 0 atom stereocenters. The zero-order valence-corrected chi connectivity index (χ0v) is 13.1. The molecule has 0 aromatic heterocycles. The van der Waals surface area contributed by atoms with E-state index in [2.05, 4.69) is 0 Å². The molecule has 120 valence electrons. The van der Waals surface area contributed by atoms with Crippen molar-refractivity contribution in [3.8, 4) is 5.75 Å². The minimum atomic E-state index is -0.462. The Balaban J connectivity index is 1.72. The van der Waals surface area contributed by atoms with Crippen molar-refractivity contribution in [3.63, 3.8) is 0 Å². The van der Waals surface area contributed by atoms with E-state index in [1.54, 1.807) is 6.92 Å². The third-order valence-corrected chi connectivity index (χ3v) is 3.76. The number of esters is 1. The molecule has 3 aromatic rings. The van der Waals surface area contributed by atoms with Crippen LogP contribution in [0.25, 0.3) is 10.8 Å². The molecule has 0 bridgehead atoms. The van der Waals surface area contributed by atoms with Crippen LogP contribution in [0.4, 0.5) is 5.69 Å². The van der Waals surface area contributed by atoms with Gasteiger partial charge in [0.2, 0.25) is 0 Å². The Labute approximate surface area is 138 Å². The third kappa shape index (κ3) is 3.41. The second kappa shape index (κ2) is 6.50. The Morgan fingerprint density at radius 2 is 1.79 bits per heavy atom. The lowest BCUT2D eigenvalue weighted by Gasteiger charge is -2.06. The minimum absolute atomic E-state index is 0.00401. The maximum Gasteiger partial charge on any atom is 0.315 e. The van der Waals surface area contributed by atoms with Crippen LogP contribution in [0.2, 0.25) is 0 Å². The fourth-order valence-corrected chi connectivity index (χ4v) is 2.58. The van der Waals surface area contributed by atoms with Gasteiger partial charge in [0.05, 0.1) is 11.3 Å². The fraction of sp³-hybridized carbons (Fsp3) is 0.105. The van der Waals surface area contributed by atoms with Crippen LogP contribution < -0.4 is 4.74 Å². The molecular formula is C19H15NO4. The largest absolute Gasteiger partial charge is 0.426 e. The van der Waals surface area contributed by atoms with Gasteiger partial charge in [-0.3, -0.25) is 14.9 Å². The highest BCUT2D eigenvalue weighted by Gasteiger charge is 2.13. The summed E-state index contributed by atoms with van der Waals surface area (Å²) >= 11 is 0. The quantitative estimate of drug-likeness (QED) is 0.312. The van der Waals surface area contributed by atoms with E-state index in [-0.39, 0.29) is 12.1 Å². The molecule has 0 aliphatic carbocycles. The second-order valence-corrected chi connectivity index (χ2v) is 5.54. The summed E-state index contributed by atoms with van der Waals surface area (Å²) in [6.07, 6.45) is 0.140. The summed E-state index contributed by atoms with van der Waals surface area (Å²) in [4.78, 5) is 22.4. The van der Waals surface area contributed by atoms with Gasteiger partial charge in [-0.15, -0.1) is 0 Å². The molecule has 5 heteroatoms. The van der Waals surface area contributed by atoms with Crippen LogP contribution in [0.3, 0.4) is 0 Å². The number of carbonyl (C=O) groups excluding carboxylic acids is 1. The van der Waals surface area contributed by atoms with Gasteiger partial charge in [0, 0.05) is 11.6 Å². The lowest BCUT2D eigenvalue weighted by molar-refractivity contribution is -0.385. The second-order valence-electron chi connectivity index (χ2n) is 5.54. The van der Waals surface area contributed by atoms with Gasteiger partial charge in [-0.2, -0.15) is 0 Å². The first-order valence-corrected chi connectivity index (χ1v) is 7.46. The number of benzene rings is 3. The van der Waals surface area contributed by atoms with Crippen molar-refractivity contribution in [2.45, 2.75) is 13.3 Å². The first-order chi connectivity index (χ1) is 11.5. The predicted molar refractivity (Wildman–Crippen MR) is 91.1 cm³/mol. The van der Waals surface area contributed by atoms with Gasteiger partial charge >= 0.3 is 5.97 Å². The predicted octanol–water partition coefficient (Wildman–Crippen LogP) is 4.20. The van der Waals surface area contributed by atoms with Gasteiger partial charge in [0.15, 0.2) is 0 Å². The van der Waals surface area contributed by atoms with Crippen molar-refractivity contribution in [3.05, 3.63) is 81.9 Å². The van der Waals surface area contributed by atoms with E-state index in [0.717, 1.165) is 16.3 Å². The molecule has 0 saturated heterocycles. The van der Waals surface area contributed by atoms with E-state index < -0.39 is 10.9 Å². The van der Waals surface area contributed by atoms with Crippen LogP contribution in [-0.2, 0) is 11.2 Å². The molecule has 0 amide bonds. The zero-order chi connectivity index (χ0) is 17.1. The summed E-state index contributed by atoms with van der Waals surface area (Å²) in [5, 5.41) is 13.0. The van der Waals surface area contributed by atoms with Crippen molar-refractivity contribution in [2.24, 2.45) is 0 Å². The topological polar surface area (TPSA) is 69.4 Å². The van der Waals surface area contributed by atoms with Crippen LogP contribution in [-0.4, -0.2) is 10.9 Å². The summed E-state index contributed by atoms with van der Waals surface area (Å²) < 4.78 is 5.28. The van der Waals surface area contributed by atoms with Crippen molar-refractivity contribution >= 4 is 22.4 Å². The number of nitro benzene ring substituents is 1. The Bertz CT molecular complexity index is 934. The van der Waals surface area contributed by atoms with E-state index in [1.165, 1.54) is 18.2 Å². The molecule has 5 nitrogen and oxygen atoms in total. The lowest BCUT2D eigenvalue weighted by atomic mass is 10.1. The number of aryl methyl sites for hydroxylation is 1. The van der Waals surface area contributed by atoms with Crippen LogP contribution in [0.15, 0.2) is 60.7 Å². The highest BCUT2D eigenvalue weighted by atomic mass is 16.6. The standard InChI is InChI=1S/C19H15NO4/c1-13-10-17(8-9-18(13)20(22)23)24-19(21)12-14-6-7-15-4-2-3-5-16(15)11-14/h2-11H,12H2,1H3. The molecule has 0 fully saturated rings. The Kier molecular flexibility index (Phi) is 4.24. The normalized spacial score (nSPS) is 10.5. The first kappa shape index (κ1) is 15.7. The Morgan fingerprint density at radius 1 is 1.04 bits per heavy atom. The molecule has 0 aliphatic heterocycles. The lowest BCUT2D eigenvalue weighted by Crippen LogP contribution is -2.11. The molecule has 0 aliphatic rings. The highest BCUT2D eigenvalue weighted by molar-refractivity contribution is 5.84. The summed E-state index contributed by atoms with van der Waals surface area (Å²) in [5.41, 5.74) is 1.32. The number of ether oxygens (including phenoxy) is 1. The first-order valence-electron chi connectivity index (χ1n) is 7.46. The van der Waals surface area contributed by atoms with Crippen LogP contribution in [0.5, 0.6) is 5.75 Å². The molecule has 0 heterocycles. The number of nitro groups is 1. The summed E-state index contributed by atoms with van der Waals surface area (Å²) in [6.45, 7) is 1.61. The van der Waals surface area contributed by atoms with Gasteiger partial charge in [-0.25, -0.2) is 0 Å². The maximum atomic E-state index is 12.1. The average molecular weight is 321 g/mol. The molecule has 24 heavy (non-hydrogen) atoms. The minimum Gasteiger partial charge on any atom is -0.426 e. The SMILES string of the molecule is Cc1cc(OC(=O)Cc2ccc3ccccc3c2)ccc1[N+](=O)[O-]. The molecule has 3 rings (SSSR count). The summed E-state index contributed by atoms with van der Waals surface area (Å²) in [6, 6.07) is 18.0. The number of hydrogen-bond acceptors (Lipinski definition) is 4. The number of rotatable bonds is 4.